The van der Waals surface area contributed by atoms with Crippen molar-refractivity contribution in [1.29, 1.82) is 0 Å². The van der Waals surface area contributed by atoms with Gasteiger partial charge in [0.25, 0.3) is 0 Å². The smallest absolute Gasteiger partial charge is 0.0660 e. The predicted octanol–water partition coefficient (Wildman–Crippen LogP) is 8.85. The zero-order valence-electron chi connectivity index (χ0n) is 28.6. The number of rotatable bonds is 6. The van der Waals surface area contributed by atoms with E-state index in [0.29, 0.717) is 24.4 Å². The van der Waals surface area contributed by atoms with E-state index in [0.717, 1.165) is 58.1 Å². The minimum atomic E-state index is 0.452. The van der Waals surface area contributed by atoms with Crippen LogP contribution in [0.2, 0.25) is 0 Å². The summed E-state index contributed by atoms with van der Waals surface area (Å²) in [6.07, 6.45) is 39.2. The first-order valence-corrected chi connectivity index (χ1v) is 21.2. The standard InChI is InChI=1S/C40H66N4S/c1-26-12-13-34(24-26)40-41-35-23-22-33(25-36(35)45-40)29-16-14-27(15-17-29)28-18-20-32(21-19-28)39-43-37(30-8-4-2-5-9-30)42-38(44-39)31-10-6-3-7-11-31/h4,8,25-32,34-44H,2-3,5-7,9-24H2,1H3. The summed E-state index contributed by atoms with van der Waals surface area (Å²) in [6, 6.07) is 0.752. The SMILES string of the molecule is CC1CCC(C2NC3CCC(C4CCC(C5CCC(C6NC(C7C=CCCC7)NC(C7CCCCC7)N6)CC5)CC4)=CC3S2)C1. The fourth-order valence-electron chi connectivity index (χ4n) is 11.8. The molecule has 0 amide bonds. The summed E-state index contributed by atoms with van der Waals surface area (Å²) >= 11 is 2.31. The second-order valence-electron chi connectivity index (χ2n) is 17.4. The Bertz CT molecular complexity index is 1020. The highest BCUT2D eigenvalue weighted by Crippen LogP contribution is 2.48. The number of nitrogens with one attached hydrogen (secondary N) is 4. The maximum absolute atomic E-state index is 4.18. The molecule has 6 fully saturated rings. The van der Waals surface area contributed by atoms with Gasteiger partial charge in [-0.1, -0.05) is 56.4 Å². The van der Waals surface area contributed by atoms with Gasteiger partial charge in [0.2, 0.25) is 0 Å². The highest BCUT2D eigenvalue weighted by molar-refractivity contribution is 8.01. The van der Waals surface area contributed by atoms with E-state index in [-0.39, 0.29) is 0 Å². The number of fused-ring (bicyclic) bond motifs is 1. The van der Waals surface area contributed by atoms with Crippen LogP contribution in [0.1, 0.15) is 142 Å². The van der Waals surface area contributed by atoms with E-state index in [1.165, 1.54) is 135 Å². The third kappa shape index (κ3) is 7.34. The fourth-order valence-corrected chi connectivity index (χ4v) is 13.5. The van der Waals surface area contributed by atoms with Crippen molar-refractivity contribution >= 4 is 11.8 Å². The van der Waals surface area contributed by atoms with Crippen LogP contribution < -0.4 is 21.3 Å². The highest BCUT2D eigenvalue weighted by Gasteiger charge is 2.43. The summed E-state index contributed by atoms with van der Waals surface area (Å²) in [6.45, 7) is 2.47. The van der Waals surface area contributed by atoms with Gasteiger partial charge in [-0.25, -0.2) is 0 Å². The lowest BCUT2D eigenvalue weighted by Crippen LogP contribution is -2.72. The first kappa shape index (κ1) is 31.9. The van der Waals surface area contributed by atoms with Gasteiger partial charge in [0.1, 0.15) is 0 Å². The first-order valence-electron chi connectivity index (χ1n) is 20.2. The van der Waals surface area contributed by atoms with Crippen LogP contribution in [0.25, 0.3) is 0 Å². The van der Waals surface area contributed by atoms with E-state index in [1.54, 1.807) is 0 Å². The van der Waals surface area contributed by atoms with Crippen LogP contribution in [0.15, 0.2) is 23.8 Å². The maximum atomic E-state index is 4.18. The normalized spacial score (nSPS) is 48.2. The van der Waals surface area contributed by atoms with Crippen molar-refractivity contribution in [3.05, 3.63) is 23.8 Å². The van der Waals surface area contributed by atoms with Crippen molar-refractivity contribution < 1.29 is 0 Å². The topological polar surface area (TPSA) is 48.1 Å². The molecular weight excluding hydrogens is 569 g/mol. The lowest BCUT2D eigenvalue weighted by molar-refractivity contribution is 0.0593. The van der Waals surface area contributed by atoms with E-state index in [2.05, 4.69) is 58.2 Å². The molecule has 0 spiro atoms. The molecule has 0 aromatic rings. The minimum Gasteiger partial charge on any atom is -0.301 e. The molecule has 4 N–H and O–H groups in total. The lowest BCUT2D eigenvalue weighted by atomic mass is 9.67. The summed E-state index contributed by atoms with van der Waals surface area (Å²) in [5, 5.41) is 18.0. The minimum absolute atomic E-state index is 0.452. The largest absolute Gasteiger partial charge is 0.301 e. The molecule has 5 heteroatoms. The molecule has 0 aromatic carbocycles. The Morgan fingerprint density at radius 1 is 0.600 bits per heavy atom. The van der Waals surface area contributed by atoms with E-state index in [9.17, 15) is 0 Å². The van der Waals surface area contributed by atoms with Crippen LogP contribution in [-0.4, -0.2) is 35.2 Å². The van der Waals surface area contributed by atoms with E-state index < -0.39 is 0 Å². The quantitative estimate of drug-likeness (QED) is 0.220. The molecule has 2 saturated heterocycles. The van der Waals surface area contributed by atoms with Gasteiger partial charge in [-0.15, -0.1) is 11.8 Å². The second-order valence-corrected chi connectivity index (χ2v) is 18.7. The molecule has 6 aliphatic carbocycles. The zero-order valence-corrected chi connectivity index (χ0v) is 29.4. The van der Waals surface area contributed by atoms with Crippen LogP contribution in [0.4, 0.5) is 0 Å². The van der Waals surface area contributed by atoms with Gasteiger partial charge >= 0.3 is 0 Å². The van der Waals surface area contributed by atoms with Crippen molar-refractivity contribution in [3.8, 4) is 0 Å². The molecule has 45 heavy (non-hydrogen) atoms. The number of thioether (sulfide) groups is 1. The Morgan fingerprint density at radius 2 is 1.27 bits per heavy atom. The molecule has 8 aliphatic rings. The van der Waals surface area contributed by atoms with Crippen molar-refractivity contribution in [2.75, 3.05) is 0 Å². The molecule has 2 aliphatic heterocycles. The molecule has 9 atom stereocenters. The summed E-state index contributed by atoms with van der Waals surface area (Å²) in [4.78, 5) is 0. The molecule has 2 heterocycles. The van der Waals surface area contributed by atoms with Gasteiger partial charge < -0.3 is 5.32 Å². The second kappa shape index (κ2) is 14.7. The van der Waals surface area contributed by atoms with Crippen molar-refractivity contribution in [2.45, 2.75) is 177 Å². The van der Waals surface area contributed by atoms with Gasteiger partial charge in [0, 0.05) is 17.2 Å². The Kier molecular flexibility index (Phi) is 10.4. The Hall–Kier alpha value is -0.330. The van der Waals surface area contributed by atoms with Crippen molar-refractivity contribution in [3.63, 3.8) is 0 Å². The van der Waals surface area contributed by atoms with Gasteiger partial charge in [-0.2, -0.15) is 0 Å². The molecule has 0 aromatic heterocycles. The maximum Gasteiger partial charge on any atom is 0.0660 e. The fraction of sp³-hybridized carbons (Fsp3) is 0.900. The predicted molar refractivity (Wildman–Crippen MR) is 191 cm³/mol. The average Bonchev–Trinajstić information content (AvgIpc) is 3.75. The van der Waals surface area contributed by atoms with Crippen LogP contribution in [-0.2, 0) is 0 Å². The van der Waals surface area contributed by atoms with Crippen LogP contribution in [0.3, 0.4) is 0 Å². The molecule has 8 rings (SSSR count). The van der Waals surface area contributed by atoms with E-state index >= 15 is 0 Å². The Labute approximate surface area is 280 Å². The molecule has 4 saturated carbocycles. The third-order valence-electron chi connectivity index (χ3n) is 14.5. The molecule has 4 nitrogen and oxygen atoms in total. The Balaban J connectivity index is 0.822. The lowest BCUT2D eigenvalue weighted by Gasteiger charge is -2.49. The third-order valence-corrected chi connectivity index (χ3v) is 16.1. The summed E-state index contributed by atoms with van der Waals surface area (Å²) in [5.41, 5.74) is 1.87. The molecular formula is C40H66N4S. The van der Waals surface area contributed by atoms with E-state index in [4.69, 9.17) is 0 Å². The summed E-state index contributed by atoms with van der Waals surface area (Å²) < 4.78 is 0. The van der Waals surface area contributed by atoms with Crippen LogP contribution >= 0.6 is 11.8 Å². The molecule has 0 radical (unpaired) electrons. The zero-order chi connectivity index (χ0) is 30.2. The molecule has 0 bridgehead atoms. The Morgan fingerprint density at radius 3 is 1.96 bits per heavy atom. The first-order chi connectivity index (χ1) is 22.2. The van der Waals surface area contributed by atoms with Gasteiger partial charge in [0.05, 0.1) is 23.9 Å². The number of hydrogen-bond acceptors (Lipinski definition) is 5. The van der Waals surface area contributed by atoms with Crippen LogP contribution in [0, 0.1) is 47.3 Å². The number of hydrogen-bond donors (Lipinski definition) is 4. The van der Waals surface area contributed by atoms with Gasteiger partial charge in [0.15, 0.2) is 0 Å². The summed E-state index contributed by atoms with van der Waals surface area (Å²) in [7, 11) is 0. The number of allylic oxidation sites excluding steroid dienone is 2. The average molecular weight is 635 g/mol. The van der Waals surface area contributed by atoms with Crippen molar-refractivity contribution in [1.82, 2.24) is 21.3 Å². The van der Waals surface area contributed by atoms with Gasteiger partial charge in [-0.05, 0) is 151 Å². The molecule has 252 valence electrons. The highest BCUT2D eigenvalue weighted by atomic mass is 32.2. The van der Waals surface area contributed by atoms with Gasteiger partial charge in [-0.3, -0.25) is 16.0 Å². The van der Waals surface area contributed by atoms with Crippen molar-refractivity contribution in [2.24, 2.45) is 47.3 Å². The molecule has 9 unspecified atom stereocenters. The summed E-state index contributed by atoms with van der Waals surface area (Å²) in [5.74, 6) is 7.04. The monoisotopic (exact) mass is 635 g/mol. The van der Waals surface area contributed by atoms with Crippen LogP contribution in [0.5, 0.6) is 0 Å². The van der Waals surface area contributed by atoms with E-state index in [1.807, 2.05) is 5.57 Å².